The van der Waals surface area contributed by atoms with Gasteiger partial charge in [-0.15, -0.1) is 0 Å². The maximum absolute atomic E-state index is 12.7. The molecule has 0 aromatic heterocycles. The minimum absolute atomic E-state index is 0.0708. The number of rotatable bonds is 6. The van der Waals surface area contributed by atoms with Gasteiger partial charge >= 0.3 is 0 Å². The van der Waals surface area contributed by atoms with Gasteiger partial charge in [-0.2, -0.15) is 0 Å². The van der Waals surface area contributed by atoms with Crippen LogP contribution in [0.1, 0.15) is 22.8 Å². The molecule has 1 fully saturated rings. The van der Waals surface area contributed by atoms with Gasteiger partial charge < -0.3 is 4.90 Å². The predicted molar refractivity (Wildman–Crippen MR) is 110 cm³/mol. The molecule has 0 saturated carbocycles. The summed E-state index contributed by atoms with van der Waals surface area (Å²) in [4.78, 5) is 17.0. The number of carbonyl (C=O) groups is 1. The lowest BCUT2D eigenvalue weighted by molar-refractivity contribution is 0.0628. The smallest absolute Gasteiger partial charge is 0.253 e. The van der Waals surface area contributed by atoms with Crippen molar-refractivity contribution in [1.82, 2.24) is 14.5 Å². The van der Waals surface area contributed by atoms with Crippen LogP contribution in [0.2, 0.25) is 5.02 Å². The summed E-state index contributed by atoms with van der Waals surface area (Å²) in [6.45, 7) is 5.75. The summed E-state index contributed by atoms with van der Waals surface area (Å²) in [6.07, 6.45) is 0. The molecular formula is C20H24ClN3O3S. The second kappa shape index (κ2) is 9.05. The van der Waals surface area contributed by atoms with E-state index in [9.17, 15) is 13.2 Å². The van der Waals surface area contributed by atoms with Crippen LogP contribution in [-0.4, -0.2) is 56.8 Å². The summed E-state index contributed by atoms with van der Waals surface area (Å²) >= 11 is 5.92. The molecule has 8 heteroatoms. The molecule has 150 valence electrons. The van der Waals surface area contributed by atoms with E-state index in [1.165, 1.54) is 17.7 Å². The highest BCUT2D eigenvalue weighted by atomic mass is 35.5. The first kappa shape index (κ1) is 20.8. The third-order valence-electron chi connectivity index (χ3n) is 4.72. The van der Waals surface area contributed by atoms with Crippen LogP contribution in [-0.2, 0) is 16.6 Å². The normalized spacial score (nSPS) is 15.6. The highest BCUT2D eigenvalue weighted by Gasteiger charge is 2.22. The molecule has 3 rings (SSSR count). The van der Waals surface area contributed by atoms with Gasteiger partial charge in [0.1, 0.15) is 0 Å². The Labute approximate surface area is 171 Å². The Morgan fingerprint density at radius 3 is 2.18 bits per heavy atom. The number of hydrogen-bond donors (Lipinski definition) is 1. The van der Waals surface area contributed by atoms with E-state index in [0.717, 1.165) is 24.7 Å². The maximum atomic E-state index is 12.7. The van der Waals surface area contributed by atoms with E-state index < -0.39 is 10.0 Å². The lowest BCUT2D eigenvalue weighted by Crippen LogP contribution is -2.48. The quantitative estimate of drug-likeness (QED) is 0.778. The molecule has 0 unspecified atom stereocenters. The Balaban J connectivity index is 1.57. The van der Waals surface area contributed by atoms with Gasteiger partial charge in [0, 0.05) is 49.9 Å². The van der Waals surface area contributed by atoms with Gasteiger partial charge in [-0.05, 0) is 42.0 Å². The largest absolute Gasteiger partial charge is 0.336 e. The Morgan fingerprint density at radius 1 is 1.00 bits per heavy atom. The monoisotopic (exact) mass is 421 g/mol. The third-order valence-corrected chi connectivity index (χ3v) is 6.54. The zero-order valence-corrected chi connectivity index (χ0v) is 17.3. The molecule has 1 amide bonds. The van der Waals surface area contributed by atoms with Crippen molar-refractivity contribution in [3.05, 3.63) is 64.7 Å². The topological polar surface area (TPSA) is 69.7 Å². The molecule has 0 bridgehead atoms. The van der Waals surface area contributed by atoms with E-state index in [0.29, 0.717) is 25.2 Å². The van der Waals surface area contributed by atoms with Crippen LogP contribution in [0.5, 0.6) is 0 Å². The number of nitrogens with zero attached hydrogens (tertiary/aromatic N) is 2. The van der Waals surface area contributed by atoms with E-state index in [-0.39, 0.29) is 10.8 Å². The number of piperazine rings is 1. The zero-order valence-electron chi connectivity index (χ0n) is 15.8. The van der Waals surface area contributed by atoms with E-state index >= 15 is 0 Å². The van der Waals surface area contributed by atoms with Gasteiger partial charge in [0.25, 0.3) is 5.91 Å². The highest BCUT2D eigenvalue weighted by molar-refractivity contribution is 7.89. The average Bonchev–Trinajstić information content (AvgIpc) is 2.70. The molecule has 28 heavy (non-hydrogen) atoms. The Kier molecular flexibility index (Phi) is 6.72. The summed E-state index contributed by atoms with van der Waals surface area (Å²) in [5.41, 5.74) is 1.70. The summed E-state index contributed by atoms with van der Waals surface area (Å²) in [5.74, 6) is -0.0708. The molecule has 6 nitrogen and oxygen atoms in total. The van der Waals surface area contributed by atoms with Crippen LogP contribution < -0.4 is 4.72 Å². The standard InChI is InChI=1S/C20H24ClN3O3S/c1-2-22-28(26,27)19-9-5-17(6-10-19)20(25)24-13-11-23(12-14-24)15-16-3-7-18(21)8-4-16/h3-10,22H,2,11-15H2,1H3. The van der Waals surface area contributed by atoms with Gasteiger partial charge in [-0.25, -0.2) is 13.1 Å². The second-order valence-corrected chi connectivity index (χ2v) is 8.92. The van der Waals surface area contributed by atoms with Crippen molar-refractivity contribution in [2.24, 2.45) is 0 Å². The molecule has 1 aliphatic rings. The number of benzene rings is 2. The molecule has 0 atom stereocenters. The first-order valence-corrected chi connectivity index (χ1v) is 11.1. The van der Waals surface area contributed by atoms with Crippen molar-refractivity contribution in [2.45, 2.75) is 18.4 Å². The van der Waals surface area contributed by atoms with Crippen LogP contribution in [0, 0.1) is 0 Å². The molecular weight excluding hydrogens is 398 g/mol. The fourth-order valence-corrected chi connectivity index (χ4v) is 4.36. The molecule has 1 N–H and O–H groups in total. The second-order valence-electron chi connectivity index (χ2n) is 6.72. The van der Waals surface area contributed by atoms with E-state index in [1.807, 2.05) is 29.2 Å². The first-order chi connectivity index (χ1) is 13.4. The van der Waals surface area contributed by atoms with Crippen LogP contribution >= 0.6 is 11.6 Å². The molecule has 1 heterocycles. The third kappa shape index (κ3) is 5.11. The molecule has 0 spiro atoms. The van der Waals surface area contributed by atoms with Crippen molar-refractivity contribution in [3.8, 4) is 0 Å². The number of halogens is 1. The number of amides is 1. The zero-order chi connectivity index (χ0) is 20.1. The summed E-state index contributed by atoms with van der Waals surface area (Å²) in [6, 6.07) is 13.9. The lowest BCUT2D eigenvalue weighted by atomic mass is 10.1. The lowest BCUT2D eigenvalue weighted by Gasteiger charge is -2.34. The SMILES string of the molecule is CCNS(=O)(=O)c1ccc(C(=O)N2CCN(Cc3ccc(Cl)cc3)CC2)cc1. The predicted octanol–water partition coefficient (Wildman–Crippen LogP) is 2.60. The summed E-state index contributed by atoms with van der Waals surface area (Å²) in [5, 5.41) is 0.725. The van der Waals surface area contributed by atoms with Crippen molar-refractivity contribution in [1.29, 1.82) is 0 Å². The van der Waals surface area contributed by atoms with Gasteiger partial charge in [0.05, 0.1) is 4.90 Å². The first-order valence-electron chi connectivity index (χ1n) is 9.25. The molecule has 1 saturated heterocycles. The molecule has 0 aliphatic carbocycles. The van der Waals surface area contributed by atoms with E-state index in [2.05, 4.69) is 9.62 Å². The Hall–Kier alpha value is -1.93. The molecule has 1 aliphatic heterocycles. The minimum Gasteiger partial charge on any atom is -0.336 e. The van der Waals surface area contributed by atoms with Gasteiger partial charge in [0.2, 0.25) is 10.0 Å². The van der Waals surface area contributed by atoms with Crippen molar-refractivity contribution >= 4 is 27.5 Å². The van der Waals surface area contributed by atoms with Crippen LogP contribution in [0.25, 0.3) is 0 Å². The fraction of sp³-hybridized carbons (Fsp3) is 0.350. The number of sulfonamides is 1. The van der Waals surface area contributed by atoms with Gasteiger partial charge in [-0.3, -0.25) is 9.69 Å². The number of carbonyl (C=O) groups excluding carboxylic acids is 1. The Bertz CT molecular complexity index is 907. The highest BCUT2D eigenvalue weighted by Crippen LogP contribution is 2.16. The minimum atomic E-state index is -3.51. The van der Waals surface area contributed by atoms with Gasteiger partial charge in [-0.1, -0.05) is 30.7 Å². The number of nitrogens with one attached hydrogen (secondary N) is 1. The summed E-state index contributed by atoms with van der Waals surface area (Å²) in [7, 11) is -3.51. The molecule has 2 aromatic rings. The Morgan fingerprint density at radius 2 is 1.61 bits per heavy atom. The van der Waals surface area contributed by atoms with Gasteiger partial charge in [0.15, 0.2) is 0 Å². The fourth-order valence-electron chi connectivity index (χ4n) is 3.19. The molecule has 0 radical (unpaired) electrons. The number of hydrogen-bond acceptors (Lipinski definition) is 4. The van der Waals surface area contributed by atoms with E-state index in [1.54, 1.807) is 19.1 Å². The maximum Gasteiger partial charge on any atom is 0.253 e. The van der Waals surface area contributed by atoms with E-state index in [4.69, 9.17) is 11.6 Å². The van der Waals surface area contributed by atoms with Crippen LogP contribution in [0.4, 0.5) is 0 Å². The summed E-state index contributed by atoms with van der Waals surface area (Å²) < 4.78 is 26.4. The van der Waals surface area contributed by atoms with Crippen molar-refractivity contribution in [3.63, 3.8) is 0 Å². The molecule has 2 aromatic carbocycles. The van der Waals surface area contributed by atoms with Crippen molar-refractivity contribution < 1.29 is 13.2 Å². The van der Waals surface area contributed by atoms with Crippen molar-refractivity contribution in [2.75, 3.05) is 32.7 Å². The van der Waals surface area contributed by atoms with Crippen LogP contribution in [0.3, 0.4) is 0 Å². The van der Waals surface area contributed by atoms with Crippen LogP contribution in [0.15, 0.2) is 53.4 Å². The average molecular weight is 422 g/mol.